The summed E-state index contributed by atoms with van der Waals surface area (Å²) in [5, 5.41) is 8.29. The molecule has 0 unspecified atom stereocenters. The van der Waals surface area contributed by atoms with E-state index < -0.39 is 0 Å². The fourth-order valence-electron chi connectivity index (χ4n) is 0.513. The van der Waals surface area contributed by atoms with Crippen LogP contribution in [0, 0.1) is 11.3 Å². The largest absolute Gasteiger partial charge is 2.00 e. The molecule has 0 radical (unpaired) electrons. The number of nitrogens with zero attached hydrogens (tertiary/aromatic N) is 1. The van der Waals surface area contributed by atoms with E-state index >= 15 is 0 Å². The van der Waals surface area contributed by atoms with Gasteiger partial charge in [0.05, 0.1) is 11.6 Å². The third kappa shape index (κ3) is 6.82. The molecule has 4 heteroatoms. The average Bonchev–Trinajstić information content (AvgIpc) is 1.90. The SMILES string of the molecule is N#Cc1ccccc1.[Br-].[Br-].[Mg+2]. The van der Waals surface area contributed by atoms with Crippen LogP contribution in [0.1, 0.15) is 5.56 Å². The molecule has 0 atom stereocenters. The minimum Gasteiger partial charge on any atom is -1.00 e. The standard InChI is InChI=1S/C7H5N.2BrH.Mg/c8-6-7-4-2-1-3-5-7;;;/h1-5H;2*1H;/q;;;+2/p-2. The smallest absolute Gasteiger partial charge is 1.00 e. The fourth-order valence-corrected chi connectivity index (χ4v) is 0.513. The van der Waals surface area contributed by atoms with Crippen molar-refractivity contribution in [3.8, 4) is 6.07 Å². The zero-order valence-electron chi connectivity index (χ0n) is 5.80. The zero-order valence-corrected chi connectivity index (χ0v) is 10.4. The van der Waals surface area contributed by atoms with Gasteiger partial charge < -0.3 is 34.0 Å². The van der Waals surface area contributed by atoms with Gasteiger partial charge in [0.2, 0.25) is 0 Å². The monoisotopic (exact) mass is 285 g/mol. The molecule has 0 aliphatic heterocycles. The quantitative estimate of drug-likeness (QED) is 0.439. The molecule has 54 valence electrons. The first-order valence-electron chi connectivity index (χ1n) is 2.38. The molecular weight excluding hydrogens is 282 g/mol. The van der Waals surface area contributed by atoms with Gasteiger partial charge in [-0.2, -0.15) is 5.26 Å². The van der Waals surface area contributed by atoms with Crippen molar-refractivity contribution in [3.63, 3.8) is 0 Å². The summed E-state index contributed by atoms with van der Waals surface area (Å²) in [6, 6.07) is 11.2. The first kappa shape index (κ1) is 17.5. The minimum atomic E-state index is 0. The minimum absolute atomic E-state index is 0. The van der Waals surface area contributed by atoms with Crippen molar-refractivity contribution in [2.24, 2.45) is 0 Å². The molecule has 0 fully saturated rings. The van der Waals surface area contributed by atoms with Gasteiger partial charge in [-0.15, -0.1) is 0 Å². The van der Waals surface area contributed by atoms with Crippen molar-refractivity contribution in [1.82, 2.24) is 0 Å². The van der Waals surface area contributed by atoms with E-state index in [1.165, 1.54) is 0 Å². The van der Waals surface area contributed by atoms with Crippen LogP contribution in [0.4, 0.5) is 0 Å². The molecule has 0 heterocycles. The Hall–Kier alpha value is 0.436. The summed E-state index contributed by atoms with van der Waals surface area (Å²) in [6.07, 6.45) is 0. The Morgan fingerprint density at radius 3 is 1.73 bits per heavy atom. The van der Waals surface area contributed by atoms with Gasteiger partial charge in [0.25, 0.3) is 0 Å². The summed E-state index contributed by atoms with van der Waals surface area (Å²) in [5.41, 5.74) is 0.715. The van der Waals surface area contributed by atoms with Crippen LogP contribution in [0.2, 0.25) is 0 Å². The van der Waals surface area contributed by atoms with E-state index in [2.05, 4.69) is 0 Å². The molecule has 0 saturated heterocycles. The first-order valence-corrected chi connectivity index (χ1v) is 2.38. The second-order valence-corrected chi connectivity index (χ2v) is 1.48. The Labute approximate surface area is 103 Å². The van der Waals surface area contributed by atoms with Crippen LogP contribution < -0.4 is 34.0 Å². The van der Waals surface area contributed by atoms with Crippen molar-refractivity contribution in [1.29, 1.82) is 5.26 Å². The number of benzene rings is 1. The van der Waals surface area contributed by atoms with Crippen LogP contribution in [0.25, 0.3) is 0 Å². The average molecular weight is 287 g/mol. The summed E-state index contributed by atoms with van der Waals surface area (Å²) in [4.78, 5) is 0. The van der Waals surface area contributed by atoms with Crippen LogP contribution in [0.5, 0.6) is 0 Å². The third-order valence-electron chi connectivity index (χ3n) is 0.903. The third-order valence-corrected chi connectivity index (χ3v) is 0.903. The molecule has 0 aliphatic carbocycles. The maximum absolute atomic E-state index is 8.29. The van der Waals surface area contributed by atoms with Crippen molar-refractivity contribution in [2.75, 3.05) is 0 Å². The molecule has 1 aromatic rings. The summed E-state index contributed by atoms with van der Waals surface area (Å²) >= 11 is 0. The number of hydrogen-bond acceptors (Lipinski definition) is 1. The van der Waals surface area contributed by atoms with Gasteiger partial charge >= 0.3 is 23.1 Å². The van der Waals surface area contributed by atoms with Gasteiger partial charge in [0.15, 0.2) is 0 Å². The van der Waals surface area contributed by atoms with E-state index in [1.54, 1.807) is 12.1 Å². The molecule has 0 saturated carbocycles. The van der Waals surface area contributed by atoms with Crippen molar-refractivity contribution < 1.29 is 34.0 Å². The Kier molecular flexibility index (Phi) is 16.6. The van der Waals surface area contributed by atoms with Gasteiger partial charge in [-0.1, -0.05) is 18.2 Å². The Bertz CT molecular complexity index is 207. The summed E-state index contributed by atoms with van der Waals surface area (Å²) in [7, 11) is 0. The maximum Gasteiger partial charge on any atom is 2.00 e. The zero-order chi connectivity index (χ0) is 5.82. The van der Waals surface area contributed by atoms with Crippen molar-refractivity contribution in [2.45, 2.75) is 0 Å². The molecule has 0 N–H and O–H groups in total. The molecule has 0 aromatic heterocycles. The van der Waals surface area contributed by atoms with Crippen LogP contribution >= 0.6 is 0 Å². The van der Waals surface area contributed by atoms with E-state index in [9.17, 15) is 0 Å². The van der Waals surface area contributed by atoms with Gasteiger partial charge in [-0.25, -0.2) is 0 Å². The Balaban J connectivity index is -0.000000213. The van der Waals surface area contributed by atoms with Crippen LogP contribution in [-0.4, -0.2) is 23.1 Å². The predicted molar refractivity (Wildman–Crippen MR) is 36.9 cm³/mol. The van der Waals surface area contributed by atoms with Gasteiger partial charge in [-0.05, 0) is 12.1 Å². The van der Waals surface area contributed by atoms with Crippen molar-refractivity contribution >= 4 is 23.1 Å². The molecule has 0 aliphatic rings. The van der Waals surface area contributed by atoms with E-state index in [-0.39, 0.29) is 57.0 Å². The topological polar surface area (TPSA) is 23.8 Å². The molecule has 1 rings (SSSR count). The van der Waals surface area contributed by atoms with Crippen LogP contribution in [0.3, 0.4) is 0 Å². The van der Waals surface area contributed by atoms with E-state index in [1.807, 2.05) is 24.3 Å². The molecule has 0 amide bonds. The predicted octanol–water partition coefficient (Wildman–Crippen LogP) is -4.81. The number of rotatable bonds is 0. The number of hydrogen-bond donors (Lipinski definition) is 0. The second kappa shape index (κ2) is 10.4. The van der Waals surface area contributed by atoms with Gasteiger partial charge in [0.1, 0.15) is 0 Å². The van der Waals surface area contributed by atoms with Gasteiger partial charge in [-0.3, -0.25) is 0 Å². The number of halogens is 2. The van der Waals surface area contributed by atoms with Crippen molar-refractivity contribution in [3.05, 3.63) is 35.9 Å². The normalized spacial score (nSPS) is 5.73. The first-order chi connectivity index (χ1) is 3.93. The summed E-state index contributed by atoms with van der Waals surface area (Å²) < 4.78 is 0. The molecule has 0 spiro atoms. The summed E-state index contributed by atoms with van der Waals surface area (Å²) in [5.74, 6) is 0. The van der Waals surface area contributed by atoms with Gasteiger partial charge in [0, 0.05) is 0 Å². The van der Waals surface area contributed by atoms with Crippen LogP contribution in [-0.2, 0) is 0 Å². The molecule has 1 aromatic carbocycles. The number of nitriles is 1. The Morgan fingerprint density at radius 2 is 1.45 bits per heavy atom. The molecule has 11 heavy (non-hydrogen) atoms. The van der Waals surface area contributed by atoms with E-state index in [4.69, 9.17) is 5.26 Å². The molecule has 0 bridgehead atoms. The van der Waals surface area contributed by atoms with E-state index in [0.717, 1.165) is 0 Å². The summed E-state index contributed by atoms with van der Waals surface area (Å²) in [6.45, 7) is 0. The van der Waals surface area contributed by atoms with Crippen LogP contribution in [0.15, 0.2) is 30.3 Å². The fraction of sp³-hybridized carbons (Fsp3) is 0. The second-order valence-electron chi connectivity index (χ2n) is 1.48. The van der Waals surface area contributed by atoms with E-state index in [0.29, 0.717) is 5.56 Å². The Morgan fingerprint density at radius 1 is 1.00 bits per heavy atom. The molecular formula is C7H5Br2MgN. The maximum atomic E-state index is 8.29. The molecule has 1 nitrogen and oxygen atoms in total.